The second kappa shape index (κ2) is 6.62. The van der Waals surface area contributed by atoms with Crippen molar-refractivity contribution in [3.63, 3.8) is 0 Å². The molecule has 0 N–H and O–H groups in total. The number of esters is 1. The molecule has 0 amide bonds. The smallest absolute Gasteiger partial charge is 0.304 e. The summed E-state index contributed by atoms with van der Waals surface area (Å²) in [6.07, 6.45) is 4.70. The highest BCUT2D eigenvalue weighted by atomic mass is 79.9. The van der Waals surface area contributed by atoms with Crippen molar-refractivity contribution in [2.75, 3.05) is 0 Å². The molecular weight excluding hydrogens is 348 g/mol. The van der Waals surface area contributed by atoms with Crippen molar-refractivity contribution in [2.45, 2.75) is 23.7 Å². The number of carbonyl (C=O) groups is 1. The van der Waals surface area contributed by atoms with Crippen LogP contribution in [0, 0.1) is 0 Å². The molecule has 0 saturated carbocycles. The number of aromatic nitrogens is 4. The third-order valence-corrected chi connectivity index (χ3v) is 4.04. The Morgan fingerprint density at radius 2 is 2.15 bits per heavy atom. The lowest BCUT2D eigenvalue weighted by Crippen LogP contribution is -2.25. The van der Waals surface area contributed by atoms with E-state index >= 15 is 0 Å². The van der Waals surface area contributed by atoms with Crippen molar-refractivity contribution in [2.24, 2.45) is 0 Å². The number of rotatable bonds is 4. The number of hydrogen-bond donors (Lipinski definition) is 0. The zero-order valence-corrected chi connectivity index (χ0v) is 12.7. The van der Waals surface area contributed by atoms with Crippen LogP contribution in [0.4, 0.5) is 0 Å². The van der Waals surface area contributed by atoms with Crippen LogP contribution in [0.1, 0.15) is 6.92 Å². The Morgan fingerprint density at radius 3 is 2.80 bits per heavy atom. The maximum absolute atomic E-state index is 12.0. The van der Waals surface area contributed by atoms with Crippen molar-refractivity contribution in [3.8, 4) is 0 Å². The van der Waals surface area contributed by atoms with Crippen LogP contribution in [-0.4, -0.2) is 25.7 Å². The van der Waals surface area contributed by atoms with Crippen LogP contribution in [0.5, 0.6) is 0 Å². The van der Waals surface area contributed by atoms with E-state index in [1.165, 1.54) is 24.9 Å². The Bertz CT molecular complexity index is 677. The molecule has 0 aliphatic carbocycles. The number of ether oxygens (including phenoxy) is 1. The average molecular weight is 357 g/mol. The summed E-state index contributed by atoms with van der Waals surface area (Å²) in [5, 5.41) is 4.43. The molecule has 9 heteroatoms. The fraction of sp³-hybridized carbons (Fsp3) is 0.182. The first-order valence-electron chi connectivity index (χ1n) is 5.42. The maximum Gasteiger partial charge on any atom is 0.304 e. The van der Waals surface area contributed by atoms with Crippen molar-refractivity contribution < 1.29 is 9.53 Å². The molecule has 0 radical (unpaired) electrons. The van der Waals surface area contributed by atoms with E-state index in [-0.39, 0.29) is 6.73 Å². The molecule has 104 valence electrons. The molecule has 0 saturated heterocycles. The van der Waals surface area contributed by atoms with Gasteiger partial charge in [-0.1, -0.05) is 0 Å². The van der Waals surface area contributed by atoms with E-state index < -0.39 is 11.5 Å². The monoisotopic (exact) mass is 356 g/mol. The molecule has 2 aromatic rings. The number of hydrogen-bond acceptors (Lipinski definition) is 7. The molecule has 0 bridgehead atoms. The molecule has 2 rings (SSSR count). The van der Waals surface area contributed by atoms with E-state index in [1.807, 2.05) is 0 Å². The first-order valence-corrected chi connectivity index (χ1v) is 7.02. The van der Waals surface area contributed by atoms with Crippen LogP contribution in [0.15, 0.2) is 44.0 Å². The minimum atomic E-state index is -0.481. The van der Waals surface area contributed by atoms with Crippen LogP contribution in [0.25, 0.3) is 0 Å². The SMILES string of the molecule is CC(=O)OCn1ncc(Sc2ncccn2)c(Br)c1=O. The van der Waals surface area contributed by atoms with Gasteiger partial charge in [-0.15, -0.1) is 0 Å². The van der Waals surface area contributed by atoms with Crippen LogP contribution in [0.3, 0.4) is 0 Å². The molecular formula is C11H9BrN4O3S. The summed E-state index contributed by atoms with van der Waals surface area (Å²) in [6.45, 7) is 1.04. The Kier molecular flexibility index (Phi) is 4.85. The molecule has 2 aromatic heterocycles. The van der Waals surface area contributed by atoms with Crippen molar-refractivity contribution in [3.05, 3.63) is 39.5 Å². The molecule has 0 spiro atoms. The summed E-state index contributed by atoms with van der Waals surface area (Å²) in [7, 11) is 0. The predicted molar refractivity (Wildman–Crippen MR) is 74.1 cm³/mol. The van der Waals surface area contributed by atoms with E-state index in [4.69, 9.17) is 4.74 Å². The highest BCUT2D eigenvalue weighted by Gasteiger charge is 2.11. The lowest BCUT2D eigenvalue weighted by Gasteiger charge is -2.07. The molecule has 0 atom stereocenters. The van der Waals surface area contributed by atoms with E-state index in [0.29, 0.717) is 14.5 Å². The third kappa shape index (κ3) is 3.64. The second-order valence-corrected chi connectivity index (χ2v) is 5.33. The lowest BCUT2D eigenvalue weighted by molar-refractivity contribution is -0.145. The summed E-state index contributed by atoms with van der Waals surface area (Å²) in [6, 6.07) is 1.70. The molecule has 0 fully saturated rings. The average Bonchev–Trinajstić information content (AvgIpc) is 2.44. The highest BCUT2D eigenvalue weighted by Crippen LogP contribution is 2.27. The summed E-state index contributed by atoms with van der Waals surface area (Å²) < 4.78 is 6.09. The zero-order chi connectivity index (χ0) is 14.5. The summed E-state index contributed by atoms with van der Waals surface area (Å²) in [4.78, 5) is 31.4. The minimum Gasteiger partial charge on any atom is -0.442 e. The first-order chi connectivity index (χ1) is 9.58. The largest absolute Gasteiger partial charge is 0.442 e. The van der Waals surface area contributed by atoms with Gasteiger partial charge >= 0.3 is 5.97 Å². The molecule has 0 unspecified atom stereocenters. The van der Waals surface area contributed by atoms with Gasteiger partial charge in [-0.2, -0.15) is 9.78 Å². The zero-order valence-electron chi connectivity index (χ0n) is 10.3. The van der Waals surface area contributed by atoms with Gasteiger partial charge in [-0.05, 0) is 33.8 Å². The van der Waals surface area contributed by atoms with E-state index in [0.717, 1.165) is 4.68 Å². The number of nitrogens with zero attached hydrogens (tertiary/aromatic N) is 4. The highest BCUT2D eigenvalue weighted by molar-refractivity contribution is 9.10. The van der Waals surface area contributed by atoms with E-state index in [2.05, 4.69) is 31.0 Å². The van der Waals surface area contributed by atoms with Crippen molar-refractivity contribution in [1.29, 1.82) is 0 Å². The number of halogens is 1. The van der Waals surface area contributed by atoms with E-state index in [1.54, 1.807) is 18.5 Å². The van der Waals surface area contributed by atoms with Gasteiger partial charge in [0.15, 0.2) is 11.9 Å². The van der Waals surface area contributed by atoms with Gasteiger partial charge in [0.2, 0.25) is 0 Å². The Labute approximate surface area is 126 Å². The minimum absolute atomic E-state index is 0.223. The Hall–Kier alpha value is -1.74. The Morgan fingerprint density at radius 1 is 1.45 bits per heavy atom. The van der Waals surface area contributed by atoms with Crippen molar-refractivity contribution in [1.82, 2.24) is 19.7 Å². The maximum atomic E-state index is 12.0. The Balaban J connectivity index is 2.22. The summed E-state index contributed by atoms with van der Waals surface area (Å²) in [5.74, 6) is -0.481. The molecule has 7 nitrogen and oxygen atoms in total. The second-order valence-electron chi connectivity index (χ2n) is 3.53. The standard InChI is InChI=1S/C11H9BrN4O3S/c1-7(17)19-6-16-10(18)9(12)8(5-15-16)20-11-13-3-2-4-14-11/h2-5H,6H2,1H3. The van der Waals surface area contributed by atoms with Gasteiger partial charge < -0.3 is 4.74 Å². The van der Waals surface area contributed by atoms with Gasteiger partial charge in [0.1, 0.15) is 4.47 Å². The topological polar surface area (TPSA) is 87.0 Å². The van der Waals surface area contributed by atoms with Crippen LogP contribution >= 0.6 is 27.7 Å². The van der Waals surface area contributed by atoms with Crippen molar-refractivity contribution >= 4 is 33.7 Å². The fourth-order valence-electron chi connectivity index (χ4n) is 1.20. The molecule has 0 aliphatic rings. The first kappa shape index (κ1) is 14.7. The van der Waals surface area contributed by atoms with Gasteiger partial charge in [0.05, 0.1) is 11.1 Å². The van der Waals surface area contributed by atoms with Gasteiger partial charge in [0, 0.05) is 19.3 Å². The third-order valence-electron chi connectivity index (χ3n) is 2.09. The van der Waals surface area contributed by atoms with Gasteiger partial charge in [0.25, 0.3) is 5.56 Å². The van der Waals surface area contributed by atoms with Crippen LogP contribution < -0.4 is 5.56 Å². The lowest BCUT2D eigenvalue weighted by atomic mass is 10.6. The van der Waals surface area contributed by atoms with Crippen LogP contribution in [-0.2, 0) is 16.3 Å². The van der Waals surface area contributed by atoms with Crippen LogP contribution in [0.2, 0.25) is 0 Å². The normalized spacial score (nSPS) is 10.3. The molecule has 2 heterocycles. The fourth-order valence-corrected chi connectivity index (χ4v) is 2.45. The summed E-state index contributed by atoms with van der Waals surface area (Å²) in [5.41, 5.74) is -0.396. The summed E-state index contributed by atoms with van der Waals surface area (Å²) >= 11 is 4.41. The number of carbonyl (C=O) groups excluding carboxylic acids is 1. The van der Waals surface area contributed by atoms with Gasteiger partial charge in [-0.25, -0.2) is 9.97 Å². The molecule has 0 aliphatic heterocycles. The van der Waals surface area contributed by atoms with E-state index in [9.17, 15) is 9.59 Å². The molecule has 0 aromatic carbocycles. The quantitative estimate of drug-likeness (QED) is 0.605. The predicted octanol–water partition coefficient (Wildman–Crippen LogP) is 1.47. The molecule has 20 heavy (non-hydrogen) atoms. The van der Waals surface area contributed by atoms with Gasteiger partial charge in [-0.3, -0.25) is 9.59 Å².